The predicted octanol–water partition coefficient (Wildman–Crippen LogP) is 3.57. The summed E-state index contributed by atoms with van der Waals surface area (Å²) in [6.07, 6.45) is 7.55. The van der Waals surface area contributed by atoms with E-state index >= 15 is 0 Å². The topological polar surface area (TPSA) is 48.0 Å². The van der Waals surface area contributed by atoms with Gasteiger partial charge in [-0.3, -0.25) is 4.79 Å². The molecular weight excluding hydrogens is 272 g/mol. The zero-order chi connectivity index (χ0) is 15.5. The number of pyridine rings is 1. The van der Waals surface area contributed by atoms with Crippen molar-refractivity contribution in [2.24, 2.45) is 5.73 Å². The maximum Gasteiger partial charge on any atom is 0.255 e. The fourth-order valence-electron chi connectivity index (χ4n) is 3.37. The number of nitrogens with two attached hydrogens (primary N) is 1. The predicted molar refractivity (Wildman–Crippen MR) is 90.1 cm³/mol. The largest absolute Gasteiger partial charge is 0.320 e. The Morgan fingerprint density at radius 3 is 2.50 bits per heavy atom. The van der Waals surface area contributed by atoms with Gasteiger partial charge < -0.3 is 10.3 Å². The molecule has 1 heterocycles. The van der Waals surface area contributed by atoms with E-state index in [2.05, 4.69) is 19.1 Å². The van der Waals surface area contributed by atoms with Gasteiger partial charge >= 0.3 is 0 Å². The Morgan fingerprint density at radius 2 is 1.86 bits per heavy atom. The lowest BCUT2D eigenvalue weighted by Gasteiger charge is -2.18. The van der Waals surface area contributed by atoms with Crippen LogP contribution in [0.4, 0.5) is 0 Å². The van der Waals surface area contributed by atoms with Crippen LogP contribution in [0.1, 0.15) is 61.4 Å². The van der Waals surface area contributed by atoms with Gasteiger partial charge in [-0.2, -0.15) is 0 Å². The Bertz CT molecular complexity index is 681. The van der Waals surface area contributed by atoms with E-state index in [4.69, 9.17) is 5.73 Å². The van der Waals surface area contributed by atoms with E-state index in [0.717, 1.165) is 24.8 Å². The molecule has 1 atom stereocenters. The highest BCUT2D eigenvalue weighted by molar-refractivity contribution is 5.32. The van der Waals surface area contributed by atoms with Crippen LogP contribution in [-0.2, 0) is 6.42 Å². The minimum Gasteiger partial charge on any atom is -0.320 e. The van der Waals surface area contributed by atoms with Gasteiger partial charge in [0.05, 0.1) is 6.04 Å². The molecule has 22 heavy (non-hydrogen) atoms. The molecule has 1 aromatic heterocycles. The van der Waals surface area contributed by atoms with Crippen LogP contribution in [0.15, 0.2) is 47.4 Å². The van der Waals surface area contributed by atoms with E-state index in [1.807, 2.05) is 35.0 Å². The molecule has 3 nitrogen and oxygen atoms in total. The monoisotopic (exact) mass is 296 g/mol. The first-order valence-corrected chi connectivity index (χ1v) is 8.26. The number of hydrogen-bond donors (Lipinski definition) is 1. The lowest BCUT2D eigenvalue weighted by molar-refractivity contribution is 0.497. The van der Waals surface area contributed by atoms with E-state index in [1.54, 1.807) is 0 Å². The van der Waals surface area contributed by atoms with Gasteiger partial charge in [-0.15, -0.1) is 0 Å². The third kappa shape index (κ3) is 2.86. The Morgan fingerprint density at radius 1 is 1.18 bits per heavy atom. The van der Waals surface area contributed by atoms with E-state index in [1.165, 1.54) is 18.4 Å². The molecule has 1 unspecified atom stereocenters. The standard InChI is InChI=1S/C19H24N2O/c1-2-14-9-11-15(12-10-14)18(20)17-8-5-13-21(19(17)22)16-6-3-4-7-16/h5,8-13,16,18H,2-4,6-7,20H2,1H3. The van der Waals surface area contributed by atoms with Crippen molar-refractivity contribution in [1.29, 1.82) is 0 Å². The molecule has 0 saturated heterocycles. The van der Waals surface area contributed by atoms with Crippen LogP contribution >= 0.6 is 0 Å². The van der Waals surface area contributed by atoms with Crippen LogP contribution < -0.4 is 11.3 Å². The smallest absolute Gasteiger partial charge is 0.255 e. The molecule has 0 aliphatic heterocycles. The number of rotatable bonds is 4. The van der Waals surface area contributed by atoms with Gasteiger partial charge in [0.15, 0.2) is 0 Å². The minimum atomic E-state index is -0.354. The van der Waals surface area contributed by atoms with Gasteiger partial charge in [0.2, 0.25) is 0 Å². The zero-order valence-electron chi connectivity index (χ0n) is 13.2. The van der Waals surface area contributed by atoms with Gasteiger partial charge in [-0.1, -0.05) is 50.1 Å². The molecule has 2 aromatic rings. The summed E-state index contributed by atoms with van der Waals surface area (Å²) in [6, 6.07) is 12.1. The van der Waals surface area contributed by atoms with Crippen LogP contribution in [0.25, 0.3) is 0 Å². The lowest BCUT2D eigenvalue weighted by atomic mass is 9.99. The molecule has 1 aliphatic rings. The molecule has 0 bridgehead atoms. The number of nitrogens with zero attached hydrogens (tertiary/aromatic N) is 1. The second-order valence-electron chi connectivity index (χ2n) is 6.19. The summed E-state index contributed by atoms with van der Waals surface area (Å²) in [5.74, 6) is 0. The second kappa shape index (κ2) is 6.49. The van der Waals surface area contributed by atoms with Crippen LogP contribution in [-0.4, -0.2) is 4.57 Å². The van der Waals surface area contributed by atoms with Gasteiger partial charge in [0.1, 0.15) is 0 Å². The third-order valence-corrected chi connectivity index (χ3v) is 4.80. The van der Waals surface area contributed by atoms with Gasteiger partial charge in [-0.25, -0.2) is 0 Å². The quantitative estimate of drug-likeness (QED) is 0.937. The van der Waals surface area contributed by atoms with Crippen molar-refractivity contribution in [2.75, 3.05) is 0 Å². The van der Waals surface area contributed by atoms with E-state index in [0.29, 0.717) is 11.6 Å². The number of aromatic nitrogens is 1. The van der Waals surface area contributed by atoms with Gasteiger partial charge in [-0.05, 0) is 36.5 Å². The van der Waals surface area contributed by atoms with Crippen molar-refractivity contribution in [3.05, 3.63) is 69.6 Å². The molecule has 1 fully saturated rings. The van der Waals surface area contributed by atoms with Crippen LogP contribution in [0.3, 0.4) is 0 Å². The summed E-state index contributed by atoms with van der Waals surface area (Å²) in [5, 5.41) is 0. The number of aryl methyl sites for hydroxylation is 1. The SMILES string of the molecule is CCc1ccc(C(N)c2cccn(C3CCCC3)c2=O)cc1. The summed E-state index contributed by atoms with van der Waals surface area (Å²) in [5.41, 5.74) is 9.41. The molecule has 0 amide bonds. The van der Waals surface area contributed by atoms with Gasteiger partial charge in [0.25, 0.3) is 5.56 Å². The highest BCUT2D eigenvalue weighted by Crippen LogP contribution is 2.28. The summed E-state index contributed by atoms with van der Waals surface area (Å²) in [4.78, 5) is 12.8. The van der Waals surface area contributed by atoms with Gasteiger partial charge in [0, 0.05) is 17.8 Å². The van der Waals surface area contributed by atoms with E-state index < -0.39 is 0 Å². The Kier molecular flexibility index (Phi) is 4.44. The molecular formula is C19H24N2O. The van der Waals surface area contributed by atoms with Crippen molar-refractivity contribution in [3.8, 4) is 0 Å². The highest BCUT2D eigenvalue weighted by Gasteiger charge is 2.20. The molecule has 2 N–H and O–H groups in total. The van der Waals surface area contributed by atoms with Crippen LogP contribution in [0, 0.1) is 0 Å². The Balaban J connectivity index is 1.93. The maximum absolute atomic E-state index is 12.8. The molecule has 1 saturated carbocycles. The first-order valence-electron chi connectivity index (χ1n) is 8.26. The summed E-state index contributed by atoms with van der Waals surface area (Å²) in [6.45, 7) is 2.13. The summed E-state index contributed by atoms with van der Waals surface area (Å²) in [7, 11) is 0. The van der Waals surface area contributed by atoms with Crippen molar-refractivity contribution in [2.45, 2.75) is 51.1 Å². The molecule has 116 valence electrons. The zero-order valence-corrected chi connectivity index (χ0v) is 13.2. The molecule has 3 heteroatoms. The minimum absolute atomic E-state index is 0.0708. The molecule has 0 radical (unpaired) electrons. The highest BCUT2D eigenvalue weighted by atomic mass is 16.1. The molecule has 1 aromatic carbocycles. The maximum atomic E-state index is 12.8. The Hall–Kier alpha value is -1.87. The third-order valence-electron chi connectivity index (χ3n) is 4.80. The average Bonchev–Trinajstić information content (AvgIpc) is 3.09. The molecule has 1 aliphatic carbocycles. The fourth-order valence-corrected chi connectivity index (χ4v) is 3.37. The van der Waals surface area contributed by atoms with Crippen LogP contribution in [0.2, 0.25) is 0 Å². The second-order valence-corrected chi connectivity index (χ2v) is 6.19. The van der Waals surface area contributed by atoms with Crippen molar-refractivity contribution in [3.63, 3.8) is 0 Å². The summed E-state index contributed by atoms with van der Waals surface area (Å²) >= 11 is 0. The number of hydrogen-bond acceptors (Lipinski definition) is 2. The van der Waals surface area contributed by atoms with Crippen molar-refractivity contribution in [1.82, 2.24) is 4.57 Å². The average molecular weight is 296 g/mol. The Labute approximate surface area is 131 Å². The van der Waals surface area contributed by atoms with Crippen molar-refractivity contribution >= 4 is 0 Å². The first kappa shape index (κ1) is 15.0. The number of benzene rings is 1. The van der Waals surface area contributed by atoms with E-state index in [9.17, 15) is 4.79 Å². The van der Waals surface area contributed by atoms with E-state index in [-0.39, 0.29) is 11.6 Å². The first-order chi connectivity index (χ1) is 10.7. The van der Waals surface area contributed by atoms with Crippen LogP contribution in [0.5, 0.6) is 0 Å². The van der Waals surface area contributed by atoms with Crippen molar-refractivity contribution < 1.29 is 0 Å². The molecule has 0 spiro atoms. The summed E-state index contributed by atoms with van der Waals surface area (Å²) < 4.78 is 1.89. The lowest BCUT2D eigenvalue weighted by Crippen LogP contribution is -2.30. The molecule has 3 rings (SSSR count). The normalized spacial score (nSPS) is 16.8. The fraction of sp³-hybridized carbons (Fsp3) is 0.421.